The molecular formula is C10H12N2O4. The van der Waals surface area contributed by atoms with Gasteiger partial charge in [-0.15, -0.1) is 0 Å². The van der Waals surface area contributed by atoms with E-state index < -0.39 is 16.4 Å². The Kier molecular flexibility index (Phi) is 3.82. The van der Waals surface area contributed by atoms with E-state index >= 15 is 0 Å². The summed E-state index contributed by atoms with van der Waals surface area (Å²) < 4.78 is 0. The number of aromatic hydroxyl groups is 1. The molecule has 0 saturated carbocycles. The van der Waals surface area contributed by atoms with E-state index in [1.54, 1.807) is 0 Å². The summed E-state index contributed by atoms with van der Waals surface area (Å²) in [5.41, 5.74) is -0.304. The second-order valence-electron chi connectivity index (χ2n) is 3.22. The minimum atomic E-state index is -0.730. The maximum atomic E-state index is 11.5. The summed E-state index contributed by atoms with van der Waals surface area (Å²) in [4.78, 5) is 21.3. The van der Waals surface area contributed by atoms with E-state index in [-0.39, 0.29) is 11.5 Å². The summed E-state index contributed by atoms with van der Waals surface area (Å²) in [6.07, 6.45) is 0.784. The van der Waals surface area contributed by atoms with Crippen molar-refractivity contribution in [2.24, 2.45) is 0 Å². The Morgan fingerprint density at radius 3 is 2.81 bits per heavy atom. The highest BCUT2D eigenvalue weighted by Gasteiger charge is 2.16. The molecule has 0 aromatic heterocycles. The smallest absolute Gasteiger partial charge is 0.311 e. The van der Waals surface area contributed by atoms with Crippen molar-refractivity contribution in [1.29, 1.82) is 0 Å². The average molecular weight is 224 g/mol. The molecule has 0 atom stereocenters. The standard InChI is InChI=1S/C10H12N2O4/c1-2-5-11-10(14)7-3-4-9(13)8(6-7)12(15)16/h3-4,6,13H,2,5H2,1H3,(H,11,14). The molecule has 1 aromatic carbocycles. The van der Waals surface area contributed by atoms with E-state index in [2.05, 4.69) is 5.32 Å². The van der Waals surface area contributed by atoms with Crippen molar-refractivity contribution >= 4 is 11.6 Å². The summed E-state index contributed by atoms with van der Waals surface area (Å²) in [5, 5.41) is 22.3. The van der Waals surface area contributed by atoms with Crippen molar-refractivity contribution in [2.45, 2.75) is 13.3 Å². The number of hydrogen-bond acceptors (Lipinski definition) is 4. The molecule has 6 nitrogen and oxygen atoms in total. The number of amides is 1. The van der Waals surface area contributed by atoms with Gasteiger partial charge in [-0.05, 0) is 18.6 Å². The van der Waals surface area contributed by atoms with Crippen molar-refractivity contribution in [3.05, 3.63) is 33.9 Å². The van der Waals surface area contributed by atoms with Crippen LogP contribution in [-0.4, -0.2) is 22.5 Å². The monoisotopic (exact) mass is 224 g/mol. The van der Waals surface area contributed by atoms with Gasteiger partial charge in [0.1, 0.15) is 0 Å². The largest absolute Gasteiger partial charge is 0.502 e. The fourth-order valence-electron chi connectivity index (χ4n) is 1.15. The Morgan fingerprint density at radius 1 is 1.56 bits per heavy atom. The molecule has 0 spiro atoms. The molecule has 1 amide bonds. The normalized spacial score (nSPS) is 9.81. The zero-order valence-corrected chi connectivity index (χ0v) is 8.77. The van der Waals surface area contributed by atoms with Crippen molar-refractivity contribution in [1.82, 2.24) is 5.32 Å². The van der Waals surface area contributed by atoms with Crippen LogP contribution in [0.3, 0.4) is 0 Å². The minimum Gasteiger partial charge on any atom is -0.502 e. The molecule has 0 aliphatic carbocycles. The van der Waals surface area contributed by atoms with Gasteiger partial charge in [0.05, 0.1) is 4.92 Å². The molecule has 0 unspecified atom stereocenters. The van der Waals surface area contributed by atoms with Crippen LogP contribution in [0.5, 0.6) is 5.75 Å². The SMILES string of the molecule is CCCNC(=O)c1ccc(O)c([N+](=O)[O-])c1. The first-order chi connectivity index (χ1) is 7.56. The molecule has 0 radical (unpaired) electrons. The predicted octanol–water partition coefficient (Wildman–Crippen LogP) is 1.44. The molecule has 0 aliphatic heterocycles. The van der Waals surface area contributed by atoms with Crippen LogP contribution < -0.4 is 5.32 Å². The first kappa shape index (κ1) is 12.0. The van der Waals surface area contributed by atoms with Gasteiger partial charge in [0.25, 0.3) is 5.91 Å². The summed E-state index contributed by atoms with van der Waals surface area (Å²) in [7, 11) is 0. The van der Waals surface area contributed by atoms with Gasteiger partial charge < -0.3 is 10.4 Å². The molecule has 0 fully saturated rings. The fraction of sp³-hybridized carbons (Fsp3) is 0.300. The van der Waals surface area contributed by atoms with E-state index in [1.165, 1.54) is 6.07 Å². The van der Waals surface area contributed by atoms with Gasteiger partial charge in [-0.3, -0.25) is 14.9 Å². The van der Waals surface area contributed by atoms with Gasteiger partial charge in [0.2, 0.25) is 0 Å². The van der Waals surface area contributed by atoms with Crippen molar-refractivity contribution < 1.29 is 14.8 Å². The lowest BCUT2D eigenvalue weighted by Gasteiger charge is -2.03. The Balaban J connectivity index is 2.94. The molecule has 86 valence electrons. The van der Waals surface area contributed by atoms with E-state index in [9.17, 15) is 20.0 Å². The molecule has 0 heterocycles. The molecule has 1 aromatic rings. The van der Waals surface area contributed by atoms with E-state index in [1.807, 2.05) is 6.92 Å². The number of nitro benzene ring substituents is 1. The number of nitrogens with one attached hydrogen (secondary N) is 1. The van der Waals surface area contributed by atoms with Crippen molar-refractivity contribution in [3.63, 3.8) is 0 Å². The maximum absolute atomic E-state index is 11.5. The zero-order valence-electron chi connectivity index (χ0n) is 8.77. The lowest BCUT2D eigenvalue weighted by Crippen LogP contribution is -2.23. The number of carbonyl (C=O) groups excluding carboxylic acids is 1. The number of nitro groups is 1. The third kappa shape index (κ3) is 2.69. The van der Waals surface area contributed by atoms with Crippen LogP contribution in [0.4, 0.5) is 5.69 Å². The number of phenolic OH excluding ortho intramolecular Hbond substituents is 1. The second-order valence-corrected chi connectivity index (χ2v) is 3.22. The first-order valence-electron chi connectivity index (χ1n) is 4.82. The molecule has 16 heavy (non-hydrogen) atoms. The van der Waals surface area contributed by atoms with Crippen LogP contribution >= 0.6 is 0 Å². The number of hydrogen-bond donors (Lipinski definition) is 2. The third-order valence-electron chi connectivity index (χ3n) is 1.97. The summed E-state index contributed by atoms with van der Waals surface area (Å²) in [6, 6.07) is 3.53. The van der Waals surface area contributed by atoms with Crippen molar-refractivity contribution in [2.75, 3.05) is 6.54 Å². The first-order valence-corrected chi connectivity index (χ1v) is 4.82. The highest BCUT2D eigenvalue weighted by Crippen LogP contribution is 2.26. The van der Waals surface area contributed by atoms with Crippen LogP contribution in [0.15, 0.2) is 18.2 Å². The number of nitrogens with zero attached hydrogens (tertiary/aromatic N) is 1. The predicted molar refractivity (Wildman–Crippen MR) is 57.4 cm³/mol. The Bertz CT molecular complexity index is 417. The van der Waals surface area contributed by atoms with Gasteiger partial charge in [0.15, 0.2) is 5.75 Å². The van der Waals surface area contributed by atoms with E-state index in [4.69, 9.17) is 0 Å². The fourth-order valence-corrected chi connectivity index (χ4v) is 1.15. The van der Waals surface area contributed by atoms with E-state index in [0.717, 1.165) is 18.6 Å². The highest BCUT2D eigenvalue weighted by atomic mass is 16.6. The summed E-state index contributed by atoms with van der Waals surface area (Å²) in [6.45, 7) is 2.41. The van der Waals surface area contributed by atoms with Crippen LogP contribution in [0.1, 0.15) is 23.7 Å². The molecular weight excluding hydrogens is 212 g/mol. The lowest BCUT2D eigenvalue weighted by atomic mass is 10.1. The quantitative estimate of drug-likeness (QED) is 0.597. The molecule has 0 saturated heterocycles. The molecule has 0 bridgehead atoms. The minimum absolute atomic E-state index is 0.165. The van der Waals surface area contributed by atoms with Crippen LogP contribution in [-0.2, 0) is 0 Å². The number of benzene rings is 1. The molecule has 6 heteroatoms. The number of phenols is 1. The average Bonchev–Trinajstić information content (AvgIpc) is 2.26. The summed E-state index contributed by atoms with van der Waals surface area (Å²) >= 11 is 0. The van der Waals surface area contributed by atoms with Gasteiger partial charge in [-0.25, -0.2) is 0 Å². The Hall–Kier alpha value is -2.11. The van der Waals surface area contributed by atoms with Gasteiger partial charge in [-0.1, -0.05) is 6.92 Å². The van der Waals surface area contributed by atoms with Gasteiger partial charge in [0, 0.05) is 18.2 Å². The van der Waals surface area contributed by atoms with Crippen LogP contribution in [0.2, 0.25) is 0 Å². The van der Waals surface area contributed by atoms with Gasteiger partial charge in [-0.2, -0.15) is 0 Å². The third-order valence-corrected chi connectivity index (χ3v) is 1.97. The van der Waals surface area contributed by atoms with Crippen molar-refractivity contribution in [3.8, 4) is 5.75 Å². The second kappa shape index (κ2) is 5.11. The highest BCUT2D eigenvalue weighted by molar-refractivity contribution is 5.95. The zero-order chi connectivity index (χ0) is 12.1. The topological polar surface area (TPSA) is 92.5 Å². The lowest BCUT2D eigenvalue weighted by molar-refractivity contribution is -0.385. The van der Waals surface area contributed by atoms with Crippen LogP contribution in [0, 0.1) is 10.1 Å². The van der Waals surface area contributed by atoms with Gasteiger partial charge >= 0.3 is 5.69 Å². The maximum Gasteiger partial charge on any atom is 0.311 e. The Morgan fingerprint density at radius 2 is 2.25 bits per heavy atom. The Labute approximate surface area is 92.0 Å². The van der Waals surface area contributed by atoms with E-state index in [0.29, 0.717) is 6.54 Å². The summed E-state index contributed by atoms with van der Waals surface area (Å²) in [5.74, 6) is -0.831. The molecule has 1 rings (SSSR count). The molecule has 2 N–H and O–H groups in total. The van der Waals surface area contributed by atoms with Crippen LogP contribution in [0.25, 0.3) is 0 Å². The molecule has 0 aliphatic rings. The number of rotatable bonds is 4. The number of carbonyl (C=O) groups is 1.